The third kappa shape index (κ3) is 3.64. The molecule has 3 rings (SSSR count). The van der Waals surface area contributed by atoms with Crippen LogP contribution in [-0.4, -0.2) is 56.4 Å². The quantitative estimate of drug-likeness (QED) is 0.857. The number of likely N-dealkylation sites (tertiary alicyclic amines) is 1. The second kappa shape index (κ2) is 7.00. The number of rotatable bonds is 4. The number of nitrogens with one attached hydrogen (secondary N) is 1. The molecule has 1 N–H and O–H groups in total. The number of amides is 1. The van der Waals surface area contributed by atoms with Crippen LogP contribution in [0.2, 0.25) is 0 Å². The number of hydrogen-bond donors (Lipinski definition) is 1. The summed E-state index contributed by atoms with van der Waals surface area (Å²) in [5, 5.41) is 3.01. The lowest BCUT2D eigenvalue weighted by atomic mass is 10.1. The molecule has 2 atom stereocenters. The van der Waals surface area contributed by atoms with Gasteiger partial charge in [0.25, 0.3) is 0 Å². The molecule has 1 aromatic rings. The van der Waals surface area contributed by atoms with Crippen molar-refractivity contribution in [2.24, 2.45) is 0 Å². The Morgan fingerprint density at radius 3 is 2.96 bits per heavy atom. The van der Waals surface area contributed by atoms with Gasteiger partial charge in [-0.25, -0.2) is 4.39 Å². The zero-order chi connectivity index (χ0) is 16.2. The Hall–Kier alpha value is -2.08. The lowest BCUT2D eigenvalue weighted by Gasteiger charge is -2.22. The molecule has 1 fully saturated rings. The second-order valence-electron chi connectivity index (χ2n) is 5.77. The van der Waals surface area contributed by atoms with Crippen molar-refractivity contribution >= 4 is 12.0 Å². The first kappa shape index (κ1) is 15.8. The number of fused-ring (bicyclic) bond motifs is 1. The molecule has 0 bridgehead atoms. The maximum atomic E-state index is 13.6. The van der Waals surface area contributed by atoms with Gasteiger partial charge in [0.05, 0.1) is 6.54 Å². The molecule has 2 aliphatic heterocycles. The van der Waals surface area contributed by atoms with E-state index in [1.54, 1.807) is 18.0 Å². The molecule has 23 heavy (non-hydrogen) atoms. The van der Waals surface area contributed by atoms with E-state index in [-0.39, 0.29) is 18.5 Å². The summed E-state index contributed by atoms with van der Waals surface area (Å²) in [4.78, 5) is 13.9. The minimum absolute atomic E-state index is 0.0904. The van der Waals surface area contributed by atoms with Crippen LogP contribution in [0.1, 0.15) is 12.0 Å². The van der Waals surface area contributed by atoms with Gasteiger partial charge >= 0.3 is 0 Å². The molecule has 1 amide bonds. The monoisotopic (exact) mass is 320 g/mol. The van der Waals surface area contributed by atoms with Gasteiger partial charge in [-0.3, -0.25) is 4.79 Å². The van der Waals surface area contributed by atoms with Gasteiger partial charge in [-0.2, -0.15) is 0 Å². The summed E-state index contributed by atoms with van der Waals surface area (Å²) in [6, 6.07) is 5.44. The van der Waals surface area contributed by atoms with Crippen LogP contribution in [0.25, 0.3) is 6.08 Å². The maximum absolute atomic E-state index is 13.6. The number of alkyl halides is 1. The van der Waals surface area contributed by atoms with E-state index < -0.39 is 6.17 Å². The highest BCUT2D eigenvalue weighted by Gasteiger charge is 2.33. The molecule has 1 saturated heterocycles. The first-order chi connectivity index (χ1) is 11.2. The highest BCUT2D eigenvalue weighted by atomic mass is 19.1. The average Bonchev–Trinajstić information content (AvgIpc) is 2.93. The van der Waals surface area contributed by atoms with Crippen molar-refractivity contribution in [3.05, 3.63) is 29.8 Å². The van der Waals surface area contributed by atoms with Gasteiger partial charge in [0.1, 0.15) is 19.4 Å². The number of carbonyl (C=O) groups excluding carboxylic acids is 1. The molecule has 0 spiro atoms. The fraction of sp³-hybridized carbons (Fsp3) is 0.471. The number of benzene rings is 1. The van der Waals surface area contributed by atoms with E-state index in [0.717, 1.165) is 5.56 Å². The minimum atomic E-state index is -0.944. The first-order valence-electron chi connectivity index (χ1n) is 7.84. The fourth-order valence-electron chi connectivity index (χ4n) is 2.99. The first-order valence-corrected chi connectivity index (χ1v) is 7.84. The number of likely N-dealkylation sites (N-methyl/N-ethyl adjacent to an activating group) is 1. The number of carbonyl (C=O) groups is 1. The van der Waals surface area contributed by atoms with Gasteiger partial charge in [0.2, 0.25) is 5.91 Å². The number of nitrogens with zero attached hydrogens (tertiary/aromatic N) is 1. The van der Waals surface area contributed by atoms with E-state index in [4.69, 9.17) is 9.47 Å². The van der Waals surface area contributed by atoms with Crippen molar-refractivity contribution in [3.63, 3.8) is 0 Å². The fourth-order valence-corrected chi connectivity index (χ4v) is 2.99. The topological polar surface area (TPSA) is 50.8 Å². The lowest BCUT2D eigenvalue weighted by molar-refractivity contribution is -0.126. The highest BCUT2D eigenvalue weighted by Crippen LogP contribution is 2.31. The molecule has 0 unspecified atom stereocenters. The van der Waals surface area contributed by atoms with Gasteiger partial charge in [0, 0.05) is 25.1 Å². The van der Waals surface area contributed by atoms with E-state index in [9.17, 15) is 9.18 Å². The van der Waals surface area contributed by atoms with Crippen molar-refractivity contribution < 1.29 is 18.7 Å². The molecule has 0 aliphatic carbocycles. The van der Waals surface area contributed by atoms with Gasteiger partial charge in [-0.05, 0) is 30.8 Å². The maximum Gasteiger partial charge on any atom is 0.246 e. The zero-order valence-electron chi connectivity index (χ0n) is 13.1. The minimum Gasteiger partial charge on any atom is -0.486 e. The molecule has 124 valence electrons. The third-order valence-corrected chi connectivity index (χ3v) is 4.07. The molecule has 2 heterocycles. The van der Waals surface area contributed by atoms with Crippen LogP contribution in [0.3, 0.4) is 0 Å². The summed E-state index contributed by atoms with van der Waals surface area (Å²) >= 11 is 0. The molecule has 1 aromatic carbocycles. The highest BCUT2D eigenvalue weighted by molar-refractivity contribution is 5.92. The molecular formula is C17H21FN2O3. The molecule has 6 heteroatoms. The van der Waals surface area contributed by atoms with E-state index in [1.165, 1.54) is 6.08 Å². The molecule has 0 radical (unpaired) electrons. The molecule has 2 aliphatic rings. The van der Waals surface area contributed by atoms with Crippen LogP contribution in [-0.2, 0) is 4.79 Å². The predicted octanol–water partition coefficient (Wildman–Crippen LogP) is 1.63. The lowest BCUT2D eigenvalue weighted by Crippen LogP contribution is -2.40. The molecular weight excluding hydrogens is 299 g/mol. The third-order valence-electron chi connectivity index (χ3n) is 4.07. The Morgan fingerprint density at radius 2 is 2.17 bits per heavy atom. The van der Waals surface area contributed by atoms with Gasteiger partial charge in [-0.1, -0.05) is 6.07 Å². The van der Waals surface area contributed by atoms with E-state index in [2.05, 4.69) is 5.32 Å². The van der Waals surface area contributed by atoms with Crippen LogP contribution in [0.15, 0.2) is 24.3 Å². The van der Waals surface area contributed by atoms with Gasteiger partial charge in [-0.15, -0.1) is 0 Å². The van der Waals surface area contributed by atoms with E-state index in [1.807, 2.05) is 18.2 Å². The predicted molar refractivity (Wildman–Crippen MR) is 85.4 cm³/mol. The van der Waals surface area contributed by atoms with Crippen molar-refractivity contribution in [1.29, 1.82) is 0 Å². The molecule has 5 nitrogen and oxygen atoms in total. The average molecular weight is 320 g/mol. The van der Waals surface area contributed by atoms with Crippen LogP contribution in [0, 0.1) is 0 Å². The van der Waals surface area contributed by atoms with Crippen molar-refractivity contribution in [2.45, 2.75) is 18.6 Å². The Labute approximate surface area is 135 Å². The van der Waals surface area contributed by atoms with Crippen LogP contribution < -0.4 is 14.8 Å². The Kier molecular flexibility index (Phi) is 4.81. The normalized spacial score (nSPS) is 23.5. The summed E-state index contributed by atoms with van der Waals surface area (Å²) in [5.41, 5.74) is 0.851. The van der Waals surface area contributed by atoms with Crippen LogP contribution in [0.5, 0.6) is 11.5 Å². The van der Waals surface area contributed by atoms with E-state index in [0.29, 0.717) is 37.7 Å². The van der Waals surface area contributed by atoms with Crippen molar-refractivity contribution in [2.75, 3.05) is 33.4 Å². The summed E-state index contributed by atoms with van der Waals surface area (Å²) in [6.07, 6.45) is 2.67. The van der Waals surface area contributed by atoms with Crippen LogP contribution >= 0.6 is 0 Å². The molecule has 0 saturated carbocycles. The Balaban J connectivity index is 1.68. The zero-order valence-corrected chi connectivity index (χ0v) is 13.1. The second-order valence-corrected chi connectivity index (χ2v) is 5.77. The summed E-state index contributed by atoms with van der Waals surface area (Å²) < 4.78 is 24.6. The van der Waals surface area contributed by atoms with Crippen molar-refractivity contribution in [3.8, 4) is 11.5 Å². The SMILES string of the molecule is CNC[C@@H]1C[C@H](F)CN1C(=O)C=Cc1ccc2c(c1)OCCO2. The summed E-state index contributed by atoms with van der Waals surface area (Å²) in [5.74, 6) is 1.23. The largest absolute Gasteiger partial charge is 0.486 e. The van der Waals surface area contributed by atoms with Gasteiger partial charge < -0.3 is 19.7 Å². The number of hydrogen-bond acceptors (Lipinski definition) is 4. The Morgan fingerprint density at radius 1 is 1.39 bits per heavy atom. The van der Waals surface area contributed by atoms with Crippen LogP contribution in [0.4, 0.5) is 4.39 Å². The molecule has 0 aromatic heterocycles. The number of ether oxygens (including phenoxy) is 2. The van der Waals surface area contributed by atoms with Gasteiger partial charge in [0.15, 0.2) is 11.5 Å². The van der Waals surface area contributed by atoms with E-state index >= 15 is 0 Å². The Bertz CT molecular complexity index is 606. The van der Waals surface area contributed by atoms with Crippen molar-refractivity contribution in [1.82, 2.24) is 10.2 Å². The summed E-state index contributed by atoms with van der Waals surface area (Å²) in [7, 11) is 1.80. The number of halogens is 1. The smallest absolute Gasteiger partial charge is 0.246 e. The standard InChI is InChI=1S/C17H21FN2O3/c1-19-10-14-9-13(18)11-20(14)17(21)5-3-12-2-4-15-16(8-12)23-7-6-22-15/h2-5,8,13-14,19H,6-7,9-11H2,1H3/t13-,14-/m0/s1. The summed E-state index contributed by atoms with van der Waals surface area (Å²) in [6.45, 7) is 1.84.